The Labute approximate surface area is 191 Å². The summed E-state index contributed by atoms with van der Waals surface area (Å²) in [4.78, 5) is 24.3. The van der Waals surface area contributed by atoms with Crippen molar-refractivity contribution in [3.05, 3.63) is 60.1 Å². The number of benzene rings is 1. The molecule has 2 aliphatic rings. The van der Waals surface area contributed by atoms with E-state index in [-0.39, 0.29) is 11.9 Å². The number of nitrogens with zero attached hydrogens (tertiary/aromatic N) is 4. The summed E-state index contributed by atoms with van der Waals surface area (Å²) in [6.45, 7) is 5.64. The van der Waals surface area contributed by atoms with E-state index in [4.69, 9.17) is 9.41 Å². The molecule has 2 aromatic rings. The fraction of sp³-hybridized carbons (Fsp3) is 0.520. The van der Waals surface area contributed by atoms with Crippen molar-refractivity contribution in [3.63, 3.8) is 0 Å². The van der Waals surface area contributed by atoms with Crippen LogP contribution in [0.4, 0.5) is 0 Å². The number of likely N-dealkylation sites (tertiary alicyclic amines) is 1. The highest BCUT2D eigenvalue weighted by Crippen LogP contribution is 2.18. The highest BCUT2D eigenvalue weighted by molar-refractivity contribution is 5.83. The topological polar surface area (TPSA) is 64.3 Å². The number of guanidine groups is 1. The van der Waals surface area contributed by atoms with E-state index in [1.807, 2.05) is 23.1 Å². The van der Waals surface area contributed by atoms with Crippen molar-refractivity contribution in [2.45, 2.75) is 31.7 Å². The van der Waals surface area contributed by atoms with Gasteiger partial charge in [-0.2, -0.15) is 0 Å². The van der Waals surface area contributed by atoms with Gasteiger partial charge in [-0.3, -0.25) is 14.7 Å². The molecule has 7 nitrogen and oxygen atoms in total. The predicted molar refractivity (Wildman–Crippen MR) is 127 cm³/mol. The maximum atomic E-state index is 12.9. The third-order valence-electron chi connectivity index (χ3n) is 6.44. The summed E-state index contributed by atoms with van der Waals surface area (Å²) in [5.41, 5.74) is 1.31. The summed E-state index contributed by atoms with van der Waals surface area (Å²) in [6, 6.07) is 14.5. The van der Waals surface area contributed by atoms with Crippen molar-refractivity contribution in [2.24, 2.45) is 4.99 Å². The fourth-order valence-corrected chi connectivity index (χ4v) is 4.53. The Bertz CT molecular complexity index is 860. The standard InChI is InChI=1S/C25H35N5O2/c1-28-15-5-10-23(28)24(31)29-16-18-30(19-17-29)25(27-14-12-22-9-6-20-32-22)26-13-11-21-7-3-2-4-8-21/h2-4,6-9,20,23H,5,10-19H2,1H3,(H,26,27). The van der Waals surface area contributed by atoms with Crippen LogP contribution in [0.1, 0.15) is 24.2 Å². The lowest BCUT2D eigenvalue weighted by Gasteiger charge is -2.38. The Morgan fingerprint density at radius 3 is 2.50 bits per heavy atom. The molecule has 0 spiro atoms. The first-order chi connectivity index (χ1) is 15.7. The number of furan rings is 1. The predicted octanol–water partition coefficient (Wildman–Crippen LogP) is 2.25. The molecule has 4 rings (SSSR count). The van der Waals surface area contributed by atoms with Gasteiger partial charge in [0.2, 0.25) is 5.91 Å². The molecule has 3 heterocycles. The van der Waals surface area contributed by atoms with Crippen LogP contribution in [0.3, 0.4) is 0 Å². The minimum atomic E-state index is 0.0620. The number of rotatable bonds is 7. The van der Waals surface area contributed by atoms with Crippen LogP contribution in [0.15, 0.2) is 58.1 Å². The lowest BCUT2D eigenvalue weighted by atomic mass is 10.1. The van der Waals surface area contributed by atoms with Crippen LogP contribution >= 0.6 is 0 Å². The van der Waals surface area contributed by atoms with Crippen LogP contribution < -0.4 is 5.32 Å². The van der Waals surface area contributed by atoms with Crippen LogP contribution in [-0.2, 0) is 17.6 Å². The number of likely N-dealkylation sites (N-methyl/N-ethyl adjacent to an activating group) is 1. The van der Waals surface area contributed by atoms with E-state index in [0.717, 1.165) is 76.7 Å². The summed E-state index contributed by atoms with van der Waals surface area (Å²) in [6.07, 6.45) is 5.53. The maximum absolute atomic E-state index is 12.9. The molecular formula is C25H35N5O2. The molecule has 1 aromatic carbocycles. The molecule has 0 radical (unpaired) electrons. The average Bonchev–Trinajstić information content (AvgIpc) is 3.50. The number of aliphatic imine (C=N–C) groups is 1. The quantitative estimate of drug-likeness (QED) is 0.532. The highest BCUT2D eigenvalue weighted by Gasteiger charge is 2.33. The highest BCUT2D eigenvalue weighted by atomic mass is 16.3. The van der Waals surface area contributed by atoms with Gasteiger partial charge in [0.25, 0.3) is 0 Å². The summed E-state index contributed by atoms with van der Waals surface area (Å²) in [7, 11) is 2.06. The van der Waals surface area contributed by atoms with E-state index in [9.17, 15) is 4.79 Å². The zero-order valence-electron chi connectivity index (χ0n) is 19.1. The van der Waals surface area contributed by atoms with Crippen molar-refractivity contribution < 1.29 is 9.21 Å². The van der Waals surface area contributed by atoms with Gasteiger partial charge < -0.3 is 19.5 Å². The molecule has 1 aromatic heterocycles. The average molecular weight is 438 g/mol. The Hall–Kier alpha value is -2.80. The smallest absolute Gasteiger partial charge is 0.240 e. The van der Waals surface area contributed by atoms with Crippen molar-refractivity contribution >= 4 is 11.9 Å². The Kier molecular flexibility index (Phi) is 7.82. The van der Waals surface area contributed by atoms with Gasteiger partial charge >= 0.3 is 0 Å². The number of amides is 1. The maximum Gasteiger partial charge on any atom is 0.240 e. The van der Waals surface area contributed by atoms with Crippen molar-refractivity contribution in [3.8, 4) is 0 Å². The minimum Gasteiger partial charge on any atom is -0.469 e. The van der Waals surface area contributed by atoms with E-state index in [1.54, 1.807) is 6.26 Å². The lowest BCUT2D eigenvalue weighted by molar-refractivity contribution is -0.136. The third-order valence-corrected chi connectivity index (χ3v) is 6.44. The third kappa shape index (κ3) is 5.91. The Balaban J connectivity index is 1.33. The second-order valence-electron chi connectivity index (χ2n) is 8.65. The van der Waals surface area contributed by atoms with Gasteiger partial charge in [-0.05, 0) is 50.6 Å². The molecular weight excluding hydrogens is 402 g/mol. The van der Waals surface area contributed by atoms with Crippen molar-refractivity contribution in [1.29, 1.82) is 0 Å². The van der Waals surface area contributed by atoms with E-state index in [0.29, 0.717) is 6.54 Å². The molecule has 1 N–H and O–H groups in total. The Morgan fingerprint density at radius 2 is 1.81 bits per heavy atom. The summed E-state index contributed by atoms with van der Waals surface area (Å²) < 4.78 is 5.45. The molecule has 2 fully saturated rings. The van der Waals surface area contributed by atoms with Crippen LogP contribution in [-0.4, -0.2) is 85.5 Å². The minimum absolute atomic E-state index is 0.0620. The number of carbonyl (C=O) groups excluding carboxylic acids is 1. The van der Waals surface area contributed by atoms with Crippen LogP contribution in [0.25, 0.3) is 0 Å². The van der Waals surface area contributed by atoms with E-state index in [1.165, 1.54) is 5.56 Å². The molecule has 2 aliphatic heterocycles. The van der Waals surface area contributed by atoms with E-state index < -0.39 is 0 Å². The van der Waals surface area contributed by atoms with Gasteiger partial charge in [-0.1, -0.05) is 30.3 Å². The molecule has 2 saturated heterocycles. The second kappa shape index (κ2) is 11.2. The molecule has 0 saturated carbocycles. The fourth-order valence-electron chi connectivity index (χ4n) is 4.53. The number of carbonyl (C=O) groups is 1. The van der Waals surface area contributed by atoms with Gasteiger partial charge in [-0.25, -0.2) is 0 Å². The number of piperazine rings is 1. The summed E-state index contributed by atoms with van der Waals surface area (Å²) in [5, 5.41) is 3.56. The normalized spacial score (nSPS) is 20.0. The summed E-state index contributed by atoms with van der Waals surface area (Å²) >= 11 is 0. The lowest BCUT2D eigenvalue weighted by Crippen LogP contribution is -2.56. The monoisotopic (exact) mass is 437 g/mol. The first kappa shape index (κ1) is 22.4. The number of nitrogens with one attached hydrogen (secondary N) is 1. The first-order valence-corrected chi connectivity index (χ1v) is 11.8. The van der Waals surface area contributed by atoms with E-state index >= 15 is 0 Å². The SMILES string of the molecule is CN1CCCC1C(=O)N1CCN(C(=NCCc2ccco2)NCCc2ccccc2)CC1. The zero-order chi connectivity index (χ0) is 22.2. The molecule has 32 heavy (non-hydrogen) atoms. The van der Waals surface area contributed by atoms with Gasteiger partial charge in [0, 0.05) is 45.7 Å². The molecule has 172 valence electrons. The Morgan fingerprint density at radius 1 is 1.03 bits per heavy atom. The molecule has 0 aliphatic carbocycles. The number of hydrogen-bond donors (Lipinski definition) is 1. The van der Waals surface area contributed by atoms with Crippen molar-refractivity contribution in [1.82, 2.24) is 20.0 Å². The number of hydrogen-bond acceptors (Lipinski definition) is 4. The first-order valence-electron chi connectivity index (χ1n) is 11.8. The van der Waals surface area contributed by atoms with Gasteiger partial charge in [-0.15, -0.1) is 0 Å². The van der Waals surface area contributed by atoms with Gasteiger partial charge in [0.15, 0.2) is 5.96 Å². The molecule has 1 amide bonds. The molecule has 0 bridgehead atoms. The van der Waals surface area contributed by atoms with Gasteiger partial charge in [0.1, 0.15) is 5.76 Å². The van der Waals surface area contributed by atoms with Crippen LogP contribution in [0.5, 0.6) is 0 Å². The van der Waals surface area contributed by atoms with Gasteiger partial charge in [0.05, 0.1) is 12.3 Å². The van der Waals surface area contributed by atoms with Crippen LogP contribution in [0, 0.1) is 0 Å². The largest absolute Gasteiger partial charge is 0.469 e. The molecule has 1 atom stereocenters. The van der Waals surface area contributed by atoms with Crippen LogP contribution in [0.2, 0.25) is 0 Å². The molecule has 7 heteroatoms. The molecule has 1 unspecified atom stereocenters. The summed E-state index contributed by atoms with van der Waals surface area (Å²) in [5.74, 6) is 2.17. The van der Waals surface area contributed by atoms with Crippen molar-refractivity contribution in [2.75, 3.05) is 52.9 Å². The second-order valence-corrected chi connectivity index (χ2v) is 8.65. The van der Waals surface area contributed by atoms with E-state index in [2.05, 4.69) is 46.4 Å². The zero-order valence-corrected chi connectivity index (χ0v) is 19.1.